The third-order valence-electron chi connectivity index (χ3n) is 6.45. The Morgan fingerprint density at radius 1 is 1.09 bits per heavy atom. The van der Waals surface area contributed by atoms with Crippen molar-refractivity contribution in [1.82, 2.24) is 14.9 Å². The zero-order chi connectivity index (χ0) is 24.7. The molecule has 5 nitrogen and oxygen atoms in total. The van der Waals surface area contributed by atoms with E-state index in [1.807, 2.05) is 56.3 Å². The number of rotatable bonds is 5. The lowest BCUT2D eigenvalue weighted by Crippen LogP contribution is -2.32. The van der Waals surface area contributed by atoms with Gasteiger partial charge in [0.15, 0.2) is 0 Å². The number of pyridine rings is 1. The molecule has 0 radical (unpaired) electrons. The quantitative estimate of drug-likeness (QED) is 0.339. The minimum atomic E-state index is -0.129. The highest BCUT2D eigenvalue weighted by atomic mass is 79.9. The van der Waals surface area contributed by atoms with Crippen molar-refractivity contribution >= 4 is 21.8 Å². The summed E-state index contributed by atoms with van der Waals surface area (Å²) in [6, 6.07) is 20.1. The third kappa shape index (κ3) is 4.39. The Labute approximate surface area is 213 Å². The highest BCUT2D eigenvalue weighted by molar-refractivity contribution is 9.10. The van der Waals surface area contributed by atoms with E-state index in [0.29, 0.717) is 17.8 Å². The van der Waals surface area contributed by atoms with Gasteiger partial charge in [-0.3, -0.25) is 9.59 Å². The van der Waals surface area contributed by atoms with Gasteiger partial charge in [-0.1, -0.05) is 60.2 Å². The Morgan fingerprint density at radius 2 is 1.86 bits per heavy atom. The number of nitrogens with one attached hydrogen (secondary N) is 2. The summed E-state index contributed by atoms with van der Waals surface area (Å²) in [7, 11) is 0. The largest absolute Gasteiger partial charge is 0.349 e. The van der Waals surface area contributed by atoms with Gasteiger partial charge in [0.2, 0.25) is 0 Å². The van der Waals surface area contributed by atoms with Gasteiger partial charge in [-0.15, -0.1) is 0 Å². The molecule has 0 bridgehead atoms. The first kappa shape index (κ1) is 23.4. The van der Waals surface area contributed by atoms with E-state index in [2.05, 4.69) is 55.9 Å². The summed E-state index contributed by atoms with van der Waals surface area (Å²) >= 11 is 3.75. The number of H-pyrrole nitrogens is 1. The number of aromatic amines is 1. The van der Waals surface area contributed by atoms with Crippen LogP contribution in [0.4, 0.5) is 0 Å². The number of aryl methyl sites for hydroxylation is 2. The Bertz CT molecular complexity index is 1480. The lowest BCUT2D eigenvalue weighted by Gasteiger charge is -2.21. The van der Waals surface area contributed by atoms with Crippen LogP contribution in [0.15, 0.2) is 69.9 Å². The van der Waals surface area contributed by atoms with Gasteiger partial charge in [-0.25, -0.2) is 0 Å². The number of fused-ring (bicyclic) bond motifs is 3. The molecule has 2 aromatic carbocycles. The summed E-state index contributed by atoms with van der Waals surface area (Å²) in [5.41, 5.74) is 8.14. The first-order valence-electron chi connectivity index (χ1n) is 11.9. The Kier molecular flexibility index (Phi) is 6.24. The molecule has 2 N–H and O–H groups in total. The molecule has 0 saturated carbocycles. The van der Waals surface area contributed by atoms with Gasteiger partial charge >= 0.3 is 0 Å². The van der Waals surface area contributed by atoms with Gasteiger partial charge in [-0.05, 0) is 77.9 Å². The van der Waals surface area contributed by atoms with Crippen LogP contribution in [-0.4, -0.2) is 21.5 Å². The second-order valence-corrected chi connectivity index (χ2v) is 10.3. The fourth-order valence-corrected chi connectivity index (χ4v) is 5.71. The van der Waals surface area contributed by atoms with Crippen molar-refractivity contribution in [3.63, 3.8) is 0 Å². The zero-order valence-electron chi connectivity index (χ0n) is 20.1. The average Bonchev–Trinajstić information content (AvgIpc) is 3.10. The van der Waals surface area contributed by atoms with Gasteiger partial charge < -0.3 is 14.9 Å². The molecule has 0 fully saturated rings. The van der Waals surface area contributed by atoms with Crippen molar-refractivity contribution in [3.8, 4) is 22.5 Å². The van der Waals surface area contributed by atoms with Gasteiger partial charge in [-0.2, -0.15) is 0 Å². The molecule has 0 aliphatic heterocycles. The molecule has 35 heavy (non-hydrogen) atoms. The molecule has 2 heterocycles. The average molecular weight is 530 g/mol. The van der Waals surface area contributed by atoms with Crippen LogP contribution in [0.1, 0.15) is 46.6 Å². The number of halogens is 1. The van der Waals surface area contributed by atoms with E-state index >= 15 is 0 Å². The number of benzene rings is 2. The molecule has 1 aliphatic rings. The monoisotopic (exact) mass is 529 g/mol. The number of nitrogens with zero attached hydrogens (tertiary/aromatic N) is 1. The molecular weight excluding hydrogens is 502 g/mol. The summed E-state index contributed by atoms with van der Waals surface area (Å²) in [5.74, 6) is -0.126. The molecule has 0 atom stereocenters. The van der Waals surface area contributed by atoms with Gasteiger partial charge in [0, 0.05) is 18.2 Å². The lowest BCUT2D eigenvalue weighted by molar-refractivity contribution is 0.0933. The molecule has 0 saturated heterocycles. The highest BCUT2D eigenvalue weighted by Gasteiger charge is 2.31. The van der Waals surface area contributed by atoms with Crippen LogP contribution in [0.2, 0.25) is 0 Å². The Balaban J connectivity index is 1.72. The van der Waals surface area contributed by atoms with Crippen LogP contribution < -0.4 is 10.9 Å². The topological polar surface area (TPSA) is 66.9 Å². The first-order chi connectivity index (χ1) is 16.8. The highest BCUT2D eigenvalue weighted by Crippen LogP contribution is 2.41. The van der Waals surface area contributed by atoms with E-state index in [1.54, 1.807) is 0 Å². The number of hydrogen-bond donors (Lipinski definition) is 2. The molecule has 0 spiro atoms. The minimum Gasteiger partial charge on any atom is -0.349 e. The maximum Gasteiger partial charge on any atom is 0.269 e. The van der Waals surface area contributed by atoms with Gasteiger partial charge in [0.25, 0.3) is 11.5 Å². The summed E-state index contributed by atoms with van der Waals surface area (Å²) in [5, 5.41) is 3.05. The summed E-state index contributed by atoms with van der Waals surface area (Å²) in [6.07, 6.45) is 1.57. The standard InChI is InChI=1S/C29H28BrN3O2/c1-17(2)31-29(35)27-24(30)22-13-12-21-15-23(20-10-5-4-6-11-20)28(34)32-25(21)26(22)33(27)16-19-9-7-8-18(3)14-19/h4-11,14-15,17H,12-13,16H2,1-3H3,(H,31,35)(H,32,34). The zero-order valence-corrected chi connectivity index (χ0v) is 21.7. The number of amides is 1. The van der Waals surface area contributed by atoms with Crippen molar-refractivity contribution < 1.29 is 4.79 Å². The molecule has 5 rings (SSSR count). The van der Waals surface area contributed by atoms with E-state index < -0.39 is 0 Å². The molecule has 0 unspecified atom stereocenters. The van der Waals surface area contributed by atoms with E-state index in [-0.39, 0.29) is 17.5 Å². The molecule has 178 valence electrons. The van der Waals surface area contributed by atoms with E-state index in [1.165, 1.54) is 0 Å². The van der Waals surface area contributed by atoms with Crippen molar-refractivity contribution in [3.05, 3.63) is 103 Å². The molecule has 2 aromatic heterocycles. The van der Waals surface area contributed by atoms with E-state index in [9.17, 15) is 9.59 Å². The Morgan fingerprint density at radius 3 is 2.57 bits per heavy atom. The maximum atomic E-state index is 13.4. The summed E-state index contributed by atoms with van der Waals surface area (Å²) < 4.78 is 2.86. The molecule has 4 aromatic rings. The number of aromatic nitrogens is 2. The Hall–Kier alpha value is -3.38. The van der Waals surface area contributed by atoms with Crippen LogP contribution in [0.3, 0.4) is 0 Å². The SMILES string of the molecule is Cc1cccc(Cn2c(C(=O)NC(C)C)c(Br)c3c2-c2[nH]c(=O)c(-c4ccccc4)cc2CC3)c1. The molecule has 6 heteroatoms. The fraction of sp³-hybridized carbons (Fsp3) is 0.241. The number of hydrogen-bond acceptors (Lipinski definition) is 2. The minimum absolute atomic E-state index is 0.00858. The van der Waals surface area contributed by atoms with Crippen LogP contribution in [0, 0.1) is 6.92 Å². The van der Waals surface area contributed by atoms with Crippen molar-refractivity contribution in [2.45, 2.75) is 46.2 Å². The van der Waals surface area contributed by atoms with Crippen LogP contribution in [0.5, 0.6) is 0 Å². The van der Waals surface area contributed by atoms with Crippen molar-refractivity contribution in [2.24, 2.45) is 0 Å². The predicted molar refractivity (Wildman–Crippen MR) is 144 cm³/mol. The summed E-state index contributed by atoms with van der Waals surface area (Å²) in [6.45, 7) is 6.50. The molecule has 1 amide bonds. The number of carbonyl (C=O) groups excluding carboxylic acids is 1. The molecular formula is C29H28BrN3O2. The van der Waals surface area contributed by atoms with Crippen molar-refractivity contribution in [2.75, 3.05) is 0 Å². The van der Waals surface area contributed by atoms with Crippen LogP contribution in [-0.2, 0) is 19.4 Å². The second kappa shape index (κ2) is 9.34. The van der Waals surface area contributed by atoms with Crippen molar-refractivity contribution in [1.29, 1.82) is 0 Å². The lowest BCUT2D eigenvalue weighted by atomic mass is 9.92. The number of carbonyl (C=O) groups is 1. The van der Waals surface area contributed by atoms with E-state index in [0.717, 1.165) is 56.5 Å². The normalized spacial score (nSPS) is 12.4. The second-order valence-electron chi connectivity index (χ2n) is 9.47. The van der Waals surface area contributed by atoms with Gasteiger partial charge in [0.1, 0.15) is 5.69 Å². The summed E-state index contributed by atoms with van der Waals surface area (Å²) in [4.78, 5) is 29.8. The van der Waals surface area contributed by atoms with Crippen LogP contribution >= 0.6 is 15.9 Å². The smallest absolute Gasteiger partial charge is 0.269 e. The fourth-order valence-electron chi connectivity index (χ4n) is 4.93. The predicted octanol–water partition coefficient (Wildman–Crippen LogP) is 5.87. The first-order valence-corrected chi connectivity index (χ1v) is 12.7. The van der Waals surface area contributed by atoms with Crippen LogP contribution in [0.25, 0.3) is 22.5 Å². The van der Waals surface area contributed by atoms with E-state index in [4.69, 9.17) is 0 Å². The van der Waals surface area contributed by atoms with Gasteiger partial charge in [0.05, 0.1) is 15.9 Å². The molecule has 1 aliphatic carbocycles. The third-order valence-corrected chi connectivity index (χ3v) is 7.30. The maximum absolute atomic E-state index is 13.4.